The van der Waals surface area contributed by atoms with Gasteiger partial charge in [-0.3, -0.25) is 4.79 Å². The Hall–Kier alpha value is -2.95. The highest BCUT2D eigenvalue weighted by Gasteiger charge is 2.31. The molecule has 2 heterocycles. The van der Waals surface area contributed by atoms with E-state index in [1.165, 1.54) is 34.8 Å². The summed E-state index contributed by atoms with van der Waals surface area (Å²) in [5, 5.41) is 9.86. The number of carbonyl (C=O) groups is 1. The van der Waals surface area contributed by atoms with E-state index in [1.807, 2.05) is 0 Å². The molecule has 1 saturated heterocycles. The van der Waals surface area contributed by atoms with Crippen LogP contribution in [0.2, 0.25) is 5.02 Å². The molecule has 0 unspecified atom stereocenters. The van der Waals surface area contributed by atoms with Gasteiger partial charge in [-0.1, -0.05) is 11.6 Å². The molecule has 2 fully saturated rings. The fourth-order valence-corrected chi connectivity index (χ4v) is 5.88. The summed E-state index contributed by atoms with van der Waals surface area (Å²) in [6.07, 6.45) is 3.04. The number of sulfonamides is 1. The van der Waals surface area contributed by atoms with E-state index in [-0.39, 0.29) is 53.8 Å². The van der Waals surface area contributed by atoms with Gasteiger partial charge >= 0.3 is 5.97 Å². The molecule has 3 aromatic rings. The van der Waals surface area contributed by atoms with Crippen molar-refractivity contribution in [1.29, 1.82) is 0 Å². The molecule has 1 saturated carbocycles. The number of fused-ring (bicyclic) bond motifs is 1. The van der Waals surface area contributed by atoms with E-state index in [4.69, 9.17) is 11.6 Å². The first kappa shape index (κ1) is 22.8. The quantitative estimate of drug-likeness (QED) is 0.571. The lowest BCUT2D eigenvalue weighted by Gasteiger charge is -2.35. The molecule has 0 atom stereocenters. The Morgan fingerprint density at radius 2 is 1.71 bits per heavy atom. The van der Waals surface area contributed by atoms with Crippen LogP contribution in [-0.2, 0) is 10.0 Å². The lowest BCUT2D eigenvalue weighted by molar-refractivity contribution is 0.0695. The van der Waals surface area contributed by atoms with Crippen molar-refractivity contribution in [3.05, 3.63) is 69.2 Å². The van der Waals surface area contributed by atoms with E-state index in [9.17, 15) is 23.1 Å². The van der Waals surface area contributed by atoms with Crippen molar-refractivity contribution < 1.29 is 22.7 Å². The molecule has 1 aliphatic heterocycles. The largest absolute Gasteiger partial charge is 0.477 e. The Kier molecular flexibility index (Phi) is 5.62. The number of aromatic carboxylic acids is 1. The molecular weight excluding hydrogens is 485 g/mol. The smallest absolute Gasteiger partial charge is 0.341 e. The standard InChI is InChI=1S/C23H21ClFN3O5S/c24-14-1-5-16(6-2-14)34(32,33)27-9-7-26(8-10-27)21-12-20-17(11-19(21)25)22(29)18(23(30)31)13-28(20)15-3-4-15/h1-2,5-6,11-13,15H,3-4,7-10H2,(H,30,31). The van der Waals surface area contributed by atoms with Gasteiger partial charge in [0.25, 0.3) is 0 Å². The summed E-state index contributed by atoms with van der Waals surface area (Å²) < 4.78 is 44.1. The summed E-state index contributed by atoms with van der Waals surface area (Å²) in [7, 11) is -3.70. The fraction of sp³-hybridized carbons (Fsp3) is 0.304. The van der Waals surface area contributed by atoms with Gasteiger partial charge in [0, 0.05) is 48.8 Å². The molecule has 8 nitrogen and oxygen atoms in total. The van der Waals surface area contributed by atoms with Gasteiger partial charge in [0.1, 0.15) is 11.4 Å². The Bertz CT molecular complexity index is 1460. The number of carboxylic acids is 1. The maximum Gasteiger partial charge on any atom is 0.341 e. The summed E-state index contributed by atoms with van der Waals surface area (Å²) >= 11 is 5.86. The molecule has 11 heteroatoms. The molecule has 0 spiro atoms. The number of aromatic nitrogens is 1. The third-order valence-corrected chi connectivity index (χ3v) is 8.47. The SMILES string of the molecule is O=C(O)c1cn(C2CC2)c2cc(N3CCN(S(=O)(=O)c4ccc(Cl)cc4)CC3)c(F)cc2c1=O. The highest BCUT2D eigenvalue weighted by Crippen LogP contribution is 2.38. The first-order valence-electron chi connectivity index (χ1n) is 10.8. The number of hydrogen-bond acceptors (Lipinski definition) is 5. The summed E-state index contributed by atoms with van der Waals surface area (Å²) in [6, 6.07) is 8.68. The topological polar surface area (TPSA) is 99.9 Å². The van der Waals surface area contributed by atoms with Crippen LogP contribution in [0.25, 0.3) is 10.9 Å². The zero-order chi connectivity index (χ0) is 24.2. The molecule has 34 heavy (non-hydrogen) atoms. The predicted octanol–water partition coefficient (Wildman–Crippen LogP) is 3.34. The zero-order valence-electron chi connectivity index (χ0n) is 17.9. The van der Waals surface area contributed by atoms with E-state index in [1.54, 1.807) is 15.5 Å². The number of benzene rings is 2. The second-order valence-corrected chi connectivity index (χ2v) is 10.9. The van der Waals surface area contributed by atoms with Crippen molar-refractivity contribution >= 4 is 44.2 Å². The number of pyridine rings is 1. The van der Waals surface area contributed by atoms with Gasteiger partial charge in [-0.25, -0.2) is 17.6 Å². The highest BCUT2D eigenvalue weighted by molar-refractivity contribution is 7.89. The molecule has 2 aromatic carbocycles. The molecular formula is C23H21ClFN3O5S. The summed E-state index contributed by atoms with van der Waals surface area (Å²) in [4.78, 5) is 26.1. The zero-order valence-corrected chi connectivity index (χ0v) is 19.5. The van der Waals surface area contributed by atoms with Gasteiger partial charge in [-0.15, -0.1) is 0 Å². The Labute approximate surface area is 199 Å². The Morgan fingerprint density at radius 1 is 1.06 bits per heavy atom. The van der Waals surface area contributed by atoms with Crippen molar-refractivity contribution in [3.8, 4) is 0 Å². The summed E-state index contributed by atoms with van der Waals surface area (Å²) in [5.41, 5.74) is -0.366. The van der Waals surface area contributed by atoms with Gasteiger partial charge in [-0.2, -0.15) is 4.31 Å². The molecule has 1 N–H and O–H groups in total. The van der Waals surface area contributed by atoms with Crippen molar-refractivity contribution in [2.45, 2.75) is 23.8 Å². The number of hydrogen-bond donors (Lipinski definition) is 1. The molecule has 0 amide bonds. The second-order valence-electron chi connectivity index (χ2n) is 8.48. The number of piperazine rings is 1. The molecule has 0 bridgehead atoms. The van der Waals surface area contributed by atoms with Gasteiger partial charge in [-0.05, 0) is 49.2 Å². The minimum absolute atomic E-state index is 0.0250. The van der Waals surface area contributed by atoms with Crippen molar-refractivity contribution in [3.63, 3.8) is 0 Å². The fourth-order valence-electron chi connectivity index (χ4n) is 4.33. The van der Waals surface area contributed by atoms with Crippen LogP contribution in [0.1, 0.15) is 29.2 Å². The minimum Gasteiger partial charge on any atom is -0.477 e. The molecule has 178 valence electrons. The van der Waals surface area contributed by atoms with Crippen LogP contribution >= 0.6 is 11.6 Å². The van der Waals surface area contributed by atoms with E-state index >= 15 is 4.39 Å². The average Bonchev–Trinajstić information content (AvgIpc) is 3.65. The molecule has 0 radical (unpaired) electrons. The number of carboxylic acid groups (broad SMARTS) is 1. The van der Waals surface area contributed by atoms with Gasteiger partial charge in [0.2, 0.25) is 15.5 Å². The van der Waals surface area contributed by atoms with Crippen LogP contribution < -0.4 is 10.3 Å². The Morgan fingerprint density at radius 3 is 2.29 bits per heavy atom. The van der Waals surface area contributed by atoms with E-state index in [2.05, 4.69) is 0 Å². The average molecular weight is 506 g/mol. The number of halogens is 2. The lowest BCUT2D eigenvalue weighted by atomic mass is 10.1. The summed E-state index contributed by atoms with van der Waals surface area (Å²) in [5.74, 6) is -1.99. The minimum atomic E-state index is -3.70. The van der Waals surface area contributed by atoms with Crippen molar-refractivity contribution in [2.75, 3.05) is 31.1 Å². The maximum absolute atomic E-state index is 15.1. The van der Waals surface area contributed by atoms with Crippen LogP contribution in [0.5, 0.6) is 0 Å². The lowest BCUT2D eigenvalue weighted by Crippen LogP contribution is -2.48. The molecule has 1 aliphatic carbocycles. The monoisotopic (exact) mass is 505 g/mol. The van der Waals surface area contributed by atoms with E-state index in [0.717, 1.165) is 18.9 Å². The molecule has 2 aliphatic rings. The second kappa shape index (κ2) is 8.37. The Balaban J connectivity index is 1.45. The highest BCUT2D eigenvalue weighted by atomic mass is 35.5. The molecule has 1 aromatic heterocycles. The van der Waals surface area contributed by atoms with Crippen molar-refractivity contribution in [1.82, 2.24) is 8.87 Å². The molecule has 5 rings (SSSR count). The van der Waals surface area contributed by atoms with Crippen LogP contribution in [0.3, 0.4) is 0 Å². The van der Waals surface area contributed by atoms with Crippen LogP contribution in [0, 0.1) is 5.82 Å². The van der Waals surface area contributed by atoms with Gasteiger partial charge < -0.3 is 14.6 Å². The summed E-state index contributed by atoms with van der Waals surface area (Å²) in [6.45, 7) is 0.845. The number of nitrogens with zero attached hydrogens (tertiary/aromatic N) is 3. The van der Waals surface area contributed by atoms with E-state index in [0.29, 0.717) is 10.5 Å². The van der Waals surface area contributed by atoms with Gasteiger partial charge in [0.05, 0.1) is 16.1 Å². The van der Waals surface area contributed by atoms with Crippen LogP contribution in [0.15, 0.2) is 52.3 Å². The third kappa shape index (κ3) is 3.95. The third-order valence-electron chi connectivity index (χ3n) is 6.30. The predicted molar refractivity (Wildman–Crippen MR) is 126 cm³/mol. The van der Waals surface area contributed by atoms with Gasteiger partial charge in [0.15, 0.2) is 0 Å². The van der Waals surface area contributed by atoms with E-state index < -0.39 is 27.2 Å². The number of rotatable bonds is 5. The van der Waals surface area contributed by atoms with Crippen LogP contribution in [0.4, 0.5) is 10.1 Å². The maximum atomic E-state index is 15.1. The first-order chi connectivity index (χ1) is 16.2. The van der Waals surface area contributed by atoms with Crippen LogP contribution in [-0.4, -0.2) is 54.5 Å². The number of anilines is 1. The van der Waals surface area contributed by atoms with Crippen molar-refractivity contribution in [2.24, 2.45) is 0 Å². The first-order valence-corrected chi connectivity index (χ1v) is 12.6. The normalized spacial score (nSPS) is 17.3.